The van der Waals surface area contributed by atoms with E-state index in [4.69, 9.17) is 22.9 Å². The highest BCUT2D eigenvalue weighted by molar-refractivity contribution is 6.33. The summed E-state index contributed by atoms with van der Waals surface area (Å²) in [4.78, 5) is 29.2. The molecule has 3 N–H and O–H groups in total. The first-order valence-electron chi connectivity index (χ1n) is 12.1. The number of hydrogen-bond donors (Lipinski definition) is 3. The quantitative estimate of drug-likeness (QED) is 0.247. The Balaban J connectivity index is 1.66. The predicted octanol–water partition coefficient (Wildman–Crippen LogP) is 5.44. The average Bonchev–Trinajstić information content (AvgIpc) is 2.95. The van der Waals surface area contributed by atoms with E-state index in [1.54, 1.807) is 31.4 Å². The lowest BCUT2D eigenvalue weighted by Gasteiger charge is -2.36. The molecule has 0 unspecified atom stereocenters. The number of piperazine rings is 1. The van der Waals surface area contributed by atoms with E-state index in [1.807, 2.05) is 12.1 Å². The van der Waals surface area contributed by atoms with Crippen LogP contribution in [0.3, 0.4) is 0 Å². The van der Waals surface area contributed by atoms with Crippen LogP contribution in [0.5, 0.6) is 5.75 Å². The van der Waals surface area contributed by atoms with Gasteiger partial charge >= 0.3 is 0 Å². The molecule has 1 aromatic heterocycles. The van der Waals surface area contributed by atoms with Gasteiger partial charge in [-0.2, -0.15) is 4.98 Å². The van der Waals surface area contributed by atoms with E-state index in [-0.39, 0.29) is 11.9 Å². The average molecular weight is 533 g/mol. The Morgan fingerprint density at radius 2 is 1.95 bits per heavy atom. The van der Waals surface area contributed by atoms with E-state index >= 15 is 0 Å². The number of benzene rings is 2. The molecule has 0 bridgehead atoms. The van der Waals surface area contributed by atoms with Gasteiger partial charge in [0.2, 0.25) is 17.5 Å². The Morgan fingerprint density at radius 3 is 2.63 bits per heavy atom. The molecule has 0 radical (unpaired) electrons. The standard InChI is InChI=1S/C27H29ClN8O2/c1-5-25(37)31-21-15-22(24(38-4)16-23(21)36-13-11-35(6-2)12-14-36)33-27-30-17-18(28)26(34-27)32-20-10-8-7-9-19(20)29-3/h5,7-10,15-17H,1,6,11-14H2,2,4H3,(H,31,37)(H2,30,32,33,34). The fourth-order valence-electron chi connectivity index (χ4n) is 4.13. The minimum Gasteiger partial charge on any atom is -0.494 e. The van der Waals surface area contributed by atoms with E-state index in [2.05, 4.69) is 54.1 Å². The van der Waals surface area contributed by atoms with Gasteiger partial charge in [-0.25, -0.2) is 9.83 Å². The summed E-state index contributed by atoms with van der Waals surface area (Å²) >= 11 is 6.35. The molecular formula is C27H29ClN8O2. The summed E-state index contributed by atoms with van der Waals surface area (Å²) in [7, 11) is 1.58. The van der Waals surface area contributed by atoms with Crippen LogP contribution in [0.2, 0.25) is 5.02 Å². The van der Waals surface area contributed by atoms with Crippen LogP contribution >= 0.6 is 11.6 Å². The van der Waals surface area contributed by atoms with Crippen LogP contribution < -0.4 is 25.6 Å². The first-order valence-corrected chi connectivity index (χ1v) is 12.5. The third-order valence-corrected chi connectivity index (χ3v) is 6.47. The van der Waals surface area contributed by atoms with Crippen molar-refractivity contribution >= 4 is 57.7 Å². The molecule has 0 spiro atoms. The van der Waals surface area contributed by atoms with Crippen molar-refractivity contribution in [1.29, 1.82) is 0 Å². The van der Waals surface area contributed by atoms with Crippen LogP contribution in [0.1, 0.15) is 6.92 Å². The zero-order valence-electron chi connectivity index (χ0n) is 21.3. The fraction of sp³-hybridized carbons (Fsp3) is 0.259. The molecule has 2 aromatic carbocycles. The molecule has 38 heavy (non-hydrogen) atoms. The summed E-state index contributed by atoms with van der Waals surface area (Å²) in [6.45, 7) is 17.6. The van der Waals surface area contributed by atoms with Crippen LogP contribution in [0.4, 0.5) is 40.2 Å². The Hall–Kier alpha value is -4.33. The van der Waals surface area contributed by atoms with Crippen molar-refractivity contribution in [3.8, 4) is 5.75 Å². The van der Waals surface area contributed by atoms with Crippen molar-refractivity contribution in [2.75, 3.05) is 60.7 Å². The van der Waals surface area contributed by atoms with Gasteiger partial charge in [0, 0.05) is 37.9 Å². The van der Waals surface area contributed by atoms with E-state index in [0.29, 0.717) is 39.3 Å². The van der Waals surface area contributed by atoms with Crippen molar-refractivity contribution in [2.24, 2.45) is 0 Å². The van der Waals surface area contributed by atoms with Crippen LogP contribution in [0.25, 0.3) is 4.85 Å². The zero-order valence-corrected chi connectivity index (χ0v) is 22.0. The number of para-hydroxylation sites is 2. The molecule has 10 nitrogen and oxygen atoms in total. The summed E-state index contributed by atoms with van der Waals surface area (Å²) in [6.07, 6.45) is 2.70. The second-order valence-corrected chi connectivity index (χ2v) is 8.86. The van der Waals surface area contributed by atoms with Crippen LogP contribution in [0, 0.1) is 6.57 Å². The molecule has 1 aliphatic heterocycles. The highest BCUT2D eigenvalue weighted by Gasteiger charge is 2.22. The number of nitrogens with zero attached hydrogens (tertiary/aromatic N) is 5. The summed E-state index contributed by atoms with van der Waals surface area (Å²) in [6, 6.07) is 10.8. The molecule has 1 amide bonds. The maximum Gasteiger partial charge on any atom is 0.247 e. The monoisotopic (exact) mass is 532 g/mol. The Kier molecular flexibility index (Phi) is 8.63. The molecule has 0 atom stereocenters. The minimum absolute atomic E-state index is 0.251. The van der Waals surface area contributed by atoms with Gasteiger partial charge in [-0.3, -0.25) is 4.79 Å². The van der Waals surface area contributed by atoms with Crippen molar-refractivity contribution in [3.05, 3.63) is 71.7 Å². The number of anilines is 6. The number of carbonyl (C=O) groups excluding carboxylic acids is 1. The number of aromatic nitrogens is 2. The molecule has 1 fully saturated rings. The third-order valence-electron chi connectivity index (χ3n) is 6.19. The summed E-state index contributed by atoms with van der Waals surface area (Å²) in [5.41, 5.74) is 3.04. The second kappa shape index (κ2) is 12.3. The normalized spacial score (nSPS) is 13.4. The van der Waals surface area contributed by atoms with Crippen molar-refractivity contribution in [1.82, 2.24) is 14.9 Å². The van der Waals surface area contributed by atoms with Gasteiger partial charge in [0.15, 0.2) is 5.82 Å². The maximum atomic E-state index is 12.3. The number of ether oxygens (including phenoxy) is 1. The molecule has 4 rings (SSSR count). The lowest BCUT2D eigenvalue weighted by atomic mass is 10.1. The number of carbonyl (C=O) groups is 1. The zero-order chi connectivity index (χ0) is 27.1. The number of likely N-dealkylation sites (N-methyl/N-ethyl adjacent to an activating group) is 1. The van der Waals surface area contributed by atoms with Gasteiger partial charge in [0.1, 0.15) is 10.8 Å². The number of hydrogen-bond acceptors (Lipinski definition) is 8. The van der Waals surface area contributed by atoms with Crippen molar-refractivity contribution in [2.45, 2.75) is 6.92 Å². The van der Waals surface area contributed by atoms with E-state index < -0.39 is 0 Å². The maximum absolute atomic E-state index is 12.3. The lowest BCUT2D eigenvalue weighted by Crippen LogP contribution is -2.46. The summed E-state index contributed by atoms with van der Waals surface area (Å²) in [5.74, 6) is 0.828. The molecule has 3 aromatic rings. The van der Waals surface area contributed by atoms with Crippen molar-refractivity contribution < 1.29 is 9.53 Å². The summed E-state index contributed by atoms with van der Waals surface area (Å²) < 4.78 is 5.69. The van der Waals surface area contributed by atoms with Gasteiger partial charge in [0.05, 0.1) is 36.9 Å². The SMILES string of the molecule is [C-]#[N+]c1ccccc1Nc1nc(Nc2cc(NC(=O)C=C)c(N3CCN(CC)CC3)cc2OC)ncc1Cl. The fourth-order valence-corrected chi connectivity index (χ4v) is 4.26. The number of halogens is 1. The van der Waals surface area contributed by atoms with E-state index in [9.17, 15) is 4.79 Å². The molecular weight excluding hydrogens is 504 g/mol. The molecule has 2 heterocycles. The predicted molar refractivity (Wildman–Crippen MR) is 152 cm³/mol. The topological polar surface area (TPSA) is 99.0 Å². The molecule has 1 saturated heterocycles. The molecule has 1 aliphatic rings. The van der Waals surface area contributed by atoms with Gasteiger partial charge in [-0.05, 0) is 24.8 Å². The van der Waals surface area contributed by atoms with Crippen molar-refractivity contribution in [3.63, 3.8) is 0 Å². The lowest BCUT2D eigenvalue weighted by molar-refractivity contribution is -0.111. The largest absolute Gasteiger partial charge is 0.494 e. The van der Waals surface area contributed by atoms with Gasteiger partial charge < -0.3 is 30.5 Å². The van der Waals surface area contributed by atoms with Gasteiger partial charge in [0.25, 0.3) is 0 Å². The Labute approximate surface area is 227 Å². The third kappa shape index (κ3) is 6.14. The first-order chi connectivity index (χ1) is 18.4. The van der Waals surface area contributed by atoms with Gasteiger partial charge in [-0.1, -0.05) is 43.3 Å². The minimum atomic E-state index is -0.317. The first kappa shape index (κ1) is 26.7. The van der Waals surface area contributed by atoms with Gasteiger partial charge in [-0.15, -0.1) is 0 Å². The Bertz CT molecular complexity index is 1370. The molecule has 0 saturated carbocycles. The van der Waals surface area contributed by atoms with Crippen LogP contribution in [0.15, 0.2) is 55.3 Å². The Morgan fingerprint density at radius 1 is 1.18 bits per heavy atom. The van der Waals surface area contributed by atoms with Crippen LogP contribution in [-0.2, 0) is 4.79 Å². The number of nitrogens with one attached hydrogen (secondary N) is 3. The van der Waals surface area contributed by atoms with E-state index in [1.165, 1.54) is 12.3 Å². The summed E-state index contributed by atoms with van der Waals surface area (Å²) in [5, 5.41) is 9.49. The molecule has 196 valence electrons. The second-order valence-electron chi connectivity index (χ2n) is 8.45. The van der Waals surface area contributed by atoms with E-state index in [0.717, 1.165) is 38.4 Å². The number of rotatable bonds is 9. The molecule has 11 heteroatoms. The highest BCUT2D eigenvalue weighted by atomic mass is 35.5. The highest BCUT2D eigenvalue weighted by Crippen LogP contribution is 2.39. The molecule has 0 aliphatic carbocycles. The number of methoxy groups -OCH3 is 1. The smallest absolute Gasteiger partial charge is 0.247 e. The number of amides is 1. The van der Waals surface area contributed by atoms with Crippen LogP contribution in [-0.4, -0.2) is 60.6 Å².